The van der Waals surface area contributed by atoms with Crippen LogP contribution in [-0.4, -0.2) is 36.4 Å². The van der Waals surface area contributed by atoms with Gasteiger partial charge in [0.05, 0.1) is 19.3 Å². The minimum absolute atomic E-state index is 0.324. The molecule has 0 spiro atoms. The van der Waals surface area contributed by atoms with Gasteiger partial charge in [0.1, 0.15) is 5.92 Å². The molecule has 0 bridgehead atoms. The summed E-state index contributed by atoms with van der Waals surface area (Å²) in [6.07, 6.45) is 3.99. The lowest BCUT2D eigenvalue weighted by molar-refractivity contribution is -0.144. The Kier molecular flexibility index (Phi) is 5.84. The van der Waals surface area contributed by atoms with Gasteiger partial charge < -0.3 is 9.47 Å². The molecule has 1 aromatic heterocycles. The summed E-state index contributed by atoms with van der Waals surface area (Å²) in [5, 5.41) is 0. The van der Waals surface area contributed by atoms with Crippen molar-refractivity contribution in [2.45, 2.75) is 33.1 Å². The molecule has 2 rings (SSSR count). The molecule has 128 valence electrons. The third-order valence-electron chi connectivity index (χ3n) is 4.01. The number of nitrogens with zero attached hydrogens (tertiary/aromatic N) is 2. The van der Waals surface area contributed by atoms with Gasteiger partial charge >= 0.3 is 11.9 Å². The fourth-order valence-electron chi connectivity index (χ4n) is 2.94. The lowest BCUT2D eigenvalue weighted by Gasteiger charge is -2.31. The van der Waals surface area contributed by atoms with E-state index in [1.165, 1.54) is 7.11 Å². The molecule has 0 fully saturated rings. The van der Waals surface area contributed by atoms with E-state index in [-0.39, 0.29) is 0 Å². The van der Waals surface area contributed by atoms with Gasteiger partial charge in [0, 0.05) is 29.7 Å². The SMILES string of the molecule is CCCOC(=O)C1=C(C)N=C(C)C(C(=O)OC)C1c1ccncc1. The largest absolute Gasteiger partial charge is 0.468 e. The Morgan fingerprint density at radius 2 is 1.88 bits per heavy atom. The third kappa shape index (κ3) is 3.53. The van der Waals surface area contributed by atoms with Crippen LogP contribution >= 0.6 is 0 Å². The van der Waals surface area contributed by atoms with Crippen molar-refractivity contribution in [2.24, 2.45) is 10.9 Å². The van der Waals surface area contributed by atoms with Gasteiger partial charge in [0.25, 0.3) is 0 Å². The van der Waals surface area contributed by atoms with E-state index >= 15 is 0 Å². The third-order valence-corrected chi connectivity index (χ3v) is 4.01. The van der Waals surface area contributed by atoms with Crippen molar-refractivity contribution in [1.82, 2.24) is 4.98 Å². The number of allylic oxidation sites excluding steroid dienone is 1. The predicted octanol–water partition coefficient (Wildman–Crippen LogP) is 2.66. The molecule has 2 heterocycles. The molecule has 6 nitrogen and oxygen atoms in total. The van der Waals surface area contributed by atoms with E-state index in [1.807, 2.05) is 6.92 Å². The number of aromatic nitrogens is 1. The highest BCUT2D eigenvalue weighted by atomic mass is 16.5. The molecular formula is C18H22N2O4. The van der Waals surface area contributed by atoms with Crippen LogP contribution in [0.2, 0.25) is 0 Å². The zero-order valence-corrected chi connectivity index (χ0v) is 14.4. The van der Waals surface area contributed by atoms with Gasteiger partial charge in [-0.05, 0) is 38.0 Å². The van der Waals surface area contributed by atoms with Crippen LogP contribution in [0, 0.1) is 5.92 Å². The quantitative estimate of drug-likeness (QED) is 0.776. The smallest absolute Gasteiger partial charge is 0.336 e. The Hall–Kier alpha value is -2.50. The molecule has 2 unspecified atom stereocenters. The van der Waals surface area contributed by atoms with Crippen molar-refractivity contribution in [2.75, 3.05) is 13.7 Å². The van der Waals surface area contributed by atoms with Gasteiger partial charge in [-0.15, -0.1) is 0 Å². The second-order valence-electron chi connectivity index (χ2n) is 5.65. The summed E-state index contributed by atoms with van der Waals surface area (Å²) in [5.41, 5.74) is 2.39. The molecule has 0 amide bonds. The fourth-order valence-corrected chi connectivity index (χ4v) is 2.94. The Balaban J connectivity index is 2.56. The Labute approximate surface area is 141 Å². The number of carbonyl (C=O) groups is 2. The number of hydrogen-bond acceptors (Lipinski definition) is 6. The second kappa shape index (κ2) is 7.86. The van der Waals surface area contributed by atoms with Crippen molar-refractivity contribution >= 4 is 17.7 Å². The minimum Gasteiger partial charge on any atom is -0.468 e. The zero-order chi connectivity index (χ0) is 17.7. The first kappa shape index (κ1) is 17.8. The average Bonchev–Trinajstić information content (AvgIpc) is 2.59. The summed E-state index contributed by atoms with van der Waals surface area (Å²) in [5.74, 6) is -2.03. The van der Waals surface area contributed by atoms with Gasteiger partial charge in [-0.2, -0.15) is 0 Å². The van der Waals surface area contributed by atoms with Crippen LogP contribution in [0.3, 0.4) is 0 Å². The molecule has 0 aliphatic carbocycles. The normalized spacial score (nSPS) is 20.4. The van der Waals surface area contributed by atoms with E-state index in [0.717, 1.165) is 12.0 Å². The van der Waals surface area contributed by atoms with Gasteiger partial charge in [-0.1, -0.05) is 6.92 Å². The van der Waals surface area contributed by atoms with Gasteiger partial charge in [0.15, 0.2) is 0 Å². The van der Waals surface area contributed by atoms with E-state index in [2.05, 4.69) is 9.98 Å². The van der Waals surface area contributed by atoms with Gasteiger partial charge in [-0.3, -0.25) is 14.8 Å². The highest BCUT2D eigenvalue weighted by Gasteiger charge is 2.42. The number of esters is 2. The first-order valence-electron chi connectivity index (χ1n) is 7.92. The summed E-state index contributed by atoms with van der Waals surface area (Å²) in [6.45, 7) is 5.78. The molecule has 6 heteroatoms. The lowest BCUT2D eigenvalue weighted by atomic mass is 9.76. The van der Waals surface area contributed by atoms with Gasteiger partial charge in [0.2, 0.25) is 0 Å². The summed E-state index contributed by atoms with van der Waals surface area (Å²) in [6, 6.07) is 3.58. The molecular weight excluding hydrogens is 308 g/mol. The van der Waals surface area contributed by atoms with Crippen molar-refractivity contribution < 1.29 is 19.1 Å². The summed E-state index contributed by atoms with van der Waals surface area (Å²) in [7, 11) is 1.33. The first-order chi connectivity index (χ1) is 11.5. The average molecular weight is 330 g/mol. The maximum atomic E-state index is 12.6. The Bertz CT molecular complexity index is 680. The topological polar surface area (TPSA) is 77.8 Å². The molecule has 1 aliphatic rings. The summed E-state index contributed by atoms with van der Waals surface area (Å²) < 4.78 is 10.3. The molecule has 0 saturated carbocycles. The summed E-state index contributed by atoms with van der Waals surface area (Å²) in [4.78, 5) is 33.4. The van der Waals surface area contributed by atoms with Crippen LogP contribution in [0.1, 0.15) is 38.7 Å². The van der Waals surface area contributed by atoms with Crippen LogP contribution in [0.4, 0.5) is 0 Å². The predicted molar refractivity (Wildman–Crippen MR) is 89.5 cm³/mol. The van der Waals surface area contributed by atoms with E-state index in [9.17, 15) is 9.59 Å². The first-order valence-corrected chi connectivity index (χ1v) is 7.92. The van der Waals surface area contributed by atoms with Crippen LogP contribution in [0.15, 0.2) is 40.8 Å². The molecule has 0 radical (unpaired) electrons. The molecule has 2 atom stereocenters. The number of hydrogen-bond donors (Lipinski definition) is 0. The summed E-state index contributed by atoms with van der Waals surface area (Å²) >= 11 is 0. The standard InChI is InChI=1S/C18H22N2O4/c1-5-10-24-18(22)15-12(3)20-11(2)14(17(21)23-4)16(15)13-6-8-19-9-7-13/h6-9,14,16H,5,10H2,1-4H3. The number of methoxy groups -OCH3 is 1. The van der Waals surface area contributed by atoms with E-state index in [1.54, 1.807) is 38.4 Å². The number of ether oxygens (including phenoxy) is 2. The molecule has 1 aliphatic heterocycles. The van der Waals surface area contributed by atoms with Crippen molar-refractivity contribution in [3.63, 3.8) is 0 Å². The molecule has 0 N–H and O–H groups in total. The van der Waals surface area contributed by atoms with Crippen molar-refractivity contribution in [3.8, 4) is 0 Å². The number of carbonyl (C=O) groups excluding carboxylic acids is 2. The number of aliphatic imine (C=N–C) groups is 1. The highest BCUT2D eigenvalue weighted by molar-refractivity contribution is 6.06. The molecule has 1 aromatic rings. The number of rotatable bonds is 5. The van der Waals surface area contributed by atoms with Crippen LogP contribution in [0.5, 0.6) is 0 Å². The van der Waals surface area contributed by atoms with Gasteiger partial charge in [-0.25, -0.2) is 4.79 Å². The maximum Gasteiger partial charge on any atom is 0.336 e. The molecule has 0 aromatic carbocycles. The van der Waals surface area contributed by atoms with E-state index < -0.39 is 23.8 Å². The highest BCUT2D eigenvalue weighted by Crippen LogP contribution is 2.39. The Morgan fingerprint density at radius 1 is 1.21 bits per heavy atom. The molecule has 24 heavy (non-hydrogen) atoms. The maximum absolute atomic E-state index is 12.6. The van der Waals surface area contributed by atoms with Crippen LogP contribution in [0.25, 0.3) is 0 Å². The monoisotopic (exact) mass is 330 g/mol. The van der Waals surface area contributed by atoms with E-state index in [0.29, 0.717) is 23.6 Å². The molecule has 0 saturated heterocycles. The second-order valence-corrected chi connectivity index (χ2v) is 5.65. The van der Waals surface area contributed by atoms with Crippen LogP contribution < -0.4 is 0 Å². The Morgan fingerprint density at radius 3 is 2.46 bits per heavy atom. The lowest BCUT2D eigenvalue weighted by Crippen LogP contribution is -2.36. The zero-order valence-electron chi connectivity index (χ0n) is 14.4. The van der Waals surface area contributed by atoms with Crippen molar-refractivity contribution in [1.29, 1.82) is 0 Å². The minimum atomic E-state index is -0.662. The van der Waals surface area contributed by atoms with Crippen LogP contribution in [-0.2, 0) is 19.1 Å². The number of pyridine rings is 1. The van der Waals surface area contributed by atoms with E-state index in [4.69, 9.17) is 9.47 Å². The van der Waals surface area contributed by atoms with Crippen molar-refractivity contribution in [3.05, 3.63) is 41.4 Å². The fraction of sp³-hybridized carbons (Fsp3) is 0.444.